The van der Waals surface area contributed by atoms with E-state index in [1.54, 1.807) is 23.1 Å². The van der Waals surface area contributed by atoms with Crippen molar-refractivity contribution in [3.05, 3.63) is 68.5 Å². The standard InChI is InChI=1S/C23H23N3O4S2/c27-20-6-1-2-10-26(20)17-5-3-4-16(12-17)25-23(30)22(29)24-13-18-7-8-19(32-18)21(28)15-9-11-31-14-15/h3-5,7-9,11-12,14,21,28H,1-2,6,10,13H2,(H,24,29)(H,25,30). The van der Waals surface area contributed by atoms with Gasteiger partial charge in [0, 0.05) is 34.1 Å². The van der Waals surface area contributed by atoms with E-state index in [0.717, 1.165) is 28.2 Å². The Hall–Kier alpha value is -3.01. The van der Waals surface area contributed by atoms with Crippen LogP contribution in [-0.2, 0) is 20.9 Å². The highest BCUT2D eigenvalue weighted by molar-refractivity contribution is 7.12. The van der Waals surface area contributed by atoms with E-state index in [2.05, 4.69) is 10.6 Å². The summed E-state index contributed by atoms with van der Waals surface area (Å²) >= 11 is 2.91. The molecule has 3 aromatic rings. The second-order valence-corrected chi connectivity index (χ2v) is 9.43. The third kappa shape index (κ3) is 5.24. The number of rotatable bonds is 6. The van der Waals surface area contributed by atoms with E-state index < -0.39 is 17.9 Å². The molecule has 0 aliphatic carbocycles. The lowest BCUT2D eigenvalue weighted by Gasteiger charge is -2.27. The first-order valence-corrected chi connectivity index (χ1v) is 12.1. The minimum absolute atomic E-state index is 0.0666. The first kappa shape index (κ1) is 22.2. The molecular weight excluding hydrogens is 446 g/mol. The number of aliphatic hydroxyl groups excluding tert-OH is 1. The lowest BCUT2D eigenvalue weighted by molar-refractivity contribution is -0.136. The van der Waals surface area contributed by atoms with Gasteiger partial charge in [-0.1, -0.05) is 6.07 Å². The molecule has 9 heteroatoms. The van der Waals surface area contributed by atoms with Crippen LogP contribution >= 0.6 is 22.7 Å². The Labute approximate surface area is 193 Å². The summed E-state index contributed by atoms with van der Waals surface area (Å²) in [6.07, 6.45) is 1.66. The van der Waals surface area contributed by atoms with Gasteiger partial charge in [0.2, 0.25) is 5.91 Å². The first-order chi connectivity index (χ1) is 15.5. The molecule has 0 spiro atoms. The highest BCUT2D eigenvalue weighted by Crippen LogP contribution is 2.29. The molecule has 1 fully saturated rings. The molecule has 3 heterocycles. The van der Waals surface area contributed by atoms with Gasteiger partial charge in [-0.15, -0.1) is 11.3 Å². The number of nitrogens with one attached hydrogen (secondary N) is 2. The summed E-state index contributed by atoms with van der Waals surface area (Å²) in [7, 11) is 0. The Kier molecular flexibility index (Phi) is 6.99. The zero-order chi connectivity index (χ0) is 22.5. The SMILES string of the molecule is O=C(NCc1ccc(C(O)c2ccsc2)s1)C(=O)Nc1cccc(N2CCCCC2=O)c1. The number of carbonyl (C=O) groups excluding carboxylic acids is 3. The molecule has 0 radical (unpaired) electrons. The van der Waals surface area contributed by atoms with Gasteiger partial charge < -0.3 is 20.6 Å². The number of hydrogen-bond donors (Lipinski definition) is 3. The zero-order valence-electron chi connectivity index (χ0n) is 17.2. The smallest absolute Gasteiger partial charge is 0.313 e. The molecule has 1 unspecified atom stereocenters. The van der Waals surface area contributed by atoms with Crippen molar-refractivity contribution < 1.29 is 19.5 Å². The van der Waals surface area contributed by atoms with Gasteiger partial charge in [0.15, 0.2) is 0 Å². The number of benzene rings is 1. The fourth-order valence-corrected chi connectivity index (χ4v) is 5.14. The largest absolute Gasteiger partial charge is 0.383 e. The Morgan fingerprint density at radius 1 is 1.12 bits per heavy atom. The topological polar surface area (TPSA) is 98.7 Å². The van der Waals surface area contributed by atoms with Crippen molar-refractivity contribution >= 4 is 51.8 Å². The normalized spacial score (nSPS) is 14.8. The van der Waals surface area contributed by atoms with Crippen LogP contribution in [0.15, 0.2) is 53.2 Å². The number of nitrogens with zero attached hydrogens (tertiary/aromatic N) is 1. The summed E-state index contributed by atoms with van der Waals surface area (Å²) in [4.78, 5) is 40.0. The fraction of sp³-hybridized carbons (Fsp3) is 0.261. The van der Waals surface area contributed by atoms with Crippen LogP contribution in [0.5, 0.6) is 0 Å². The fourth-order valence-electron chi connectivity index (χ4n) is 3.50. The maximum atomic E-state index is 12.3. The first-order valence-electron chi connectivity index (χ1n) is 10.3. The molecule has 4 rings (SSSR count). The summed E-state index contributed by atoms with van der Waals surface area (Å²) in [6, 6.07) is 12.5. The van der Waals surface area contributed by atoms with Crippen LogP contribution in [0, 0.1) is 0 Å². The maximum Gasteiger partial charge on any atom is 0.313 e. The predicted octanol–water partition coefficient (Wildman–Crippen LogP) is 3.66. The average molecular weight is 470 g/mol. The summed E-state index contributed by atoms with van der Waals surface area (Å²) in [5, 5.41) is 19.4. The molecule has 3 N–H and O–H groups in total. The third-order valence-electron chi connectivity index (χ3n) is 5.18. The van der Waals surface area contributed by atoms with Crippen molar-refractivity contribution in [1.82, 2.24) is 5.32 Å². The quantitative estimate of drug-likeness (QED) is 0.480. The highest BCUT2D eigenvalue weighted by Gasteiger charge is 2.21. The minimum atomic E-state index is -0.776. The maximum absolute atomic E-state index is 12.3. The van der Waals surface area contributed by atoms with Crippen LogP contribution in [0.25, 0.3) is 0 Å². The summed E-state index contributed by atoms with van der Waals surface area (Å²) in [5.74, 6) is -1.46. The number of thiophene rings is 2. The van der Waals surface area contributed by atoms with E-state index in [1.807, 2.05) is 35.0 Å². The second kappa shape index (κ2) is 10.1. The molecule has 2 aromatic heterocycles. The highest BCUT2D eigenvalue weighted by atomic mass is 32.1. The van der Waals surface area contributed by atoms with Gasteiger partial charge >= 0.3 is 11.8 Å². The number of amides is 3. The number of carbonyl (C=O) groups is 3. The number of aliphatic hydroxyl groups is 1. The molecule has 7 nitrogen and oxygen atoms in total. The van der Waals surface area contributed by atoms with Crippen LogP contribution < -0.4 is 15.5 Å². The van der Waals surface area contributed by atoms with Gasteiger partial charge in [-0.05, 0) is 65.6 Å². The summed E-state index contributed by atoms with van der Waals surface area (Å²) in [6.45, 7) is 0.843. The number of piperidine rings is 1. The van der Waals surface area contributed by atoms with Crippen molar-refractivity contribution in [3.63, 3.8) is 0 Å². The van der Waals surface area contributed by atoms with Crippen LogP contribution in [-0.4, -0.2) is 29.4 Å². The molecule has 3 amide bonds. The molecule has 166 valence electrons. The van der Waals surface area contributed by atoms with Crippen molar-refractivity contribution in [2.45, 2.75) is 31.9 Å². The average Bonchev–Trinajstić information content (AvgIpc) is 3.50. The molecule has 32 heavy (non-hydrogen) atoms. The molecule has 0 bridgehead atoms. The predicted molar refractivity (Wildman–Crippen MR) is 126 cm³/mol. The van der Waals surface area contributed by atoms with Crippen molar-refractivity contribution in [3.8, 4) is 0 Å². The Morgan fingerprint density at radius 2 is 2.00 bits per heavy atom. The molecule has 1 aliphatic heterocycles. The summed E-state index contributed by atoms with van der Waals surface area (Å²) in [5.41, 5.74) is 2.00. The number of anilines is 2. The Balaban J connectivity index is 1.31. The minimum Gasteiger partial charge on any atom is -0.383 e. The van der Waals surface area contributed by atoms with Gasteiger partial charge in [-0.3, -0.25) is 14.4 Å². The molecule has 0 saturated carbocycles. The summed E-state index contributed by atoms with van der Waals surface area (Å²) < 4.78 is 0. The van der Waals surface area contributed by atoms with E-state index in [1.165, 1.54) is 22.7 Å². The van der Waals surface area contributed by atoms with Crippen LogP contribution in [0.1, 0.15) is 40.7 Å². The Bertz CT molecular complexity index is 1110. The van der Waals surface area contributed by atoms with Gasteiger partial charge in [-0.2, -0.15) is 11.3 Å². The molecule has 1 aliphatic rings. The van der Waals surface area contributed by atoms with Gasteiger partial charge in [-0.25, -0.2) is 0 Å². The lowest BCUT2D eigenvalue weighted by atomic mass is 10.1. The van der Waals surface area contributed by atoms with Crippen molar-refractivity contribution in [2.24, 2.45) is 0 Å². The molecule has 1 atom stereocenters. The molecule has 1 saturated heterocycles. The molecular formula is C23H23N3O4S2. The van der Waals surface area contributed by atoms with Gasteiger partial charge in [0.25, 0.3) is 0 Å². The third-order valence-corrected chi connectivity index (χ3v) is 7.02. The van der Waals surface area contributed by atoms with E-state index in [9.17, 15) is 19.5 Å². The zero-order valence-corrected chi connectivity index (χ0v) is 18.9. The van der Waals surface area contributed by atoms with Gasteiger partial charge in [0.05, 0.1) is 6.54 Å². The van der Waals surface area contributed by atoms with E-state index in [4.69, 9.17) is 0 Å². The Morgan fingerprint density at radius 3 is 2.78 bits per heavy atom. The van der Waals surface area contributed by atoms with Gasteiger partial charge in [0.1, 0.15) is 6.10 Å². The number of hydrogen-bond acceptors (Lipinski definition) is 6. The lowest BCUT2D eigenvalue weighted by Crippen LogP contribution is -2.36. The van der Waals surface area contributed by atoms with E-state index in [0.29, 0.717) is 24.3 Å². The van der Waals surface area contributed by atoms with Crippen LogP contribution in [0.2, 0.25) is 0 Å². The van der Waals surface area contributed by atoms with Crippen LogP contribution in [0.3, 0.4) is 0 Å². The van der Waals surface area contributed by atoms with Crippen molar-refractivity contribution in [1.29, 1.82) is 0 Å². The molecule has 1 aromatic carbocycles. The van der Waals surface area contributed by atoms with Crippen molar-refractivity contribution in [2.75, 3.05) is 16.8 Å². The monoisotopic (exact) mass is 469 g/mol. The van der Waals surface area contributed by atoms with E-state index >= 15 is 0 Å². The van der Waals surface area contributed by atoms with Crippen LogP contribution in [0.4, 0.5) is 11.4 Å². The second-order valence-electron chi connectivity index (χ2n) is 7.45. The van der Waals surface area contributed by atoms with E-state index in [-0.39, 0.29) is 12.5 Å².